The number of hydrogen-bond acceptors (Lipinski definition) is 4. The zero-order valence-electron chi connectivity index (χ0n) is 6.16. The second-order valence-corrected chi connectivity index (χ2v) is 2.15. The Morgan fingerprint density at radius 3 is 2.36 bits per heavy atom. The summed E-state index contributed by atoms with van der Waals surface area (Å²) in [5.41, 5.74) is 11.6. The van der Waals surface area contributed by atoms with Gasteiger partial charge >= 0.3 is 0 Å². The van der Waals surface area contributed by atoms with Crippen molar-refractivity contribution in [1.82, 2.24) is 0 Å². The lowest BCUT2D eigenvalue weighted by molar-refractivity contribution is 0.374. The summed E-state index contributed by atoms with van der Waals surface area (Å²) in [5.74, 6) is 0.330. The molecule has 1 rings (SSSR count). The van der Waals surface area contributed by atoms with Crippen molar-refractivity contribution in [1.29, 1.82) is 0 Å². The first-order valence-electron chi connectivity index (χ1n) is 3.07. The average Bonchev–Trinajstić information content (AvgIpc) is 1.97. The first kappa shape index (κ1) is 7.53. The minimum absolute atomic E-state index is 0.000741. The summed E-state index contributed by atoms with van der Waals surface area (Å²) in [6.45, 7) is 0. The van der Waals surface area contributed by atoms with Crippen molar-refractivity contribution in [2.45, 2.75) is 0 Å². The van der Waals surface area contributed by atoms with E-state index in [0.717, 1.165) is 0 Å². The number of ether oxygens (including phenoxy) is 1. The van der Waals surface area contributed by atoms with Gasteiger partial charge in [0.15, 0.2) is 11.5 Å². The van der Waals surface area contributed by atoms with Crippen LogP contribution in [0, 0.1) is 0 Å². The molecule has 0 amide bonds. The topological polar surface area (TPSA) is 81.5 Å². The van der Waals surface area contributed by atoms with Gasteiger partial charge in [-0.25, -0.2) is 0 Å². The van der Waals surface area contributed by atoms with Crippen LogP contribution in [0.15, 0.2) is 12.1 Å². The predicted octanol–water partition coefficient (Wildman–Crippen LogP) is 0.565. The number of methoxy groups -OCH3 is 1. The third kappa shape index (κ3) is 1.29. The molecule has 0 fully saturated rings. The zero-order valence-corrected chi connectivity index (χ0v) is 6.16. The van der Waals surface area contributed by atoms with E-state index in [0.29, 0.717) is 17.1 Å². The van der Waals surface area contributed by atoms with Gasteiger partial charge in [0.05, 0.1) is 18.5 Å². The summed E-state index contributed by atoms with van der Waals surface area (Å²) in [6.07, 6.45) is 0. The van der Waals surface area contributed by atoms with Crippen molar-refractivity contribution in [3.05, 3.63) is 12.1 Å². The molecule has 0 aliphatic heterocycles. The van der Waals surface area contributed by atoms with Gasteiger partial charge in [0.1, 0.15) is 0 Å². The van der Waals surface area contributed by atoms with Gasteiger partial charge in [0.25, 0.3) is 0 Å². The van der Waals surface area contributed by atoms with Crippen molar-refractivity contribution in [2.24, 2.45) is 0 Å². The van der Waals surface area contributed by atoms with E-state index in [9.17, 15) is 0 Å². The molecule has 1 aromatic rings. The second-order valence-electron chi connectivity index (χ2n) is 2.15. The number of aromatic hydroxyl groups is 1. The Morgan fingerprint density at radius 2 is 1.82 bits per heavy atom. The van der Waals surface area contributed by atoms with Crippen LogP contribution in [0.5, 0.6) is 11.5 Å². The summed E-state index contributed by atoms with van der Waals surface area (Å²) >= 11 is 0. The first-order chi connectivity index (χ1) is 5.15. The smallest absolute Gasteiger partial charge is 0.162 e. The quantitative estimate of drug-likeness (QED) is 0.408. The van der Waals surface area contributed by atoms with Gasteiger partial charge < -0.3 is 21.3 Å². The second kappa shape index (κ2) is 2.57. The molecule has 5 N–H and O–H groups in total. The number of anilines is 2. The lowest BCUT2D eigenvalue weighted by atomic mass is 10.2. The number of phenolic OH excluding ortho intramolecular Hbond substituents is 1. The Balaban J connectivity index is 3.21. The van der Waals surface area contributed by atoms with E-state index in [1.807, 2.05) is 0 Å². The molecule has 0 bridgehead atoms. The molecule has 0 unspecified atom stereocenters. The van der Waals surface area contributed by atoms with E-state index in [4.69, 9.17) is 21.3 Å². The molecule has 1 aromatic carbocycles. The molecule has 0 saturated heterocycles. The van der Waals surface area contributed by atoms with Crippen LogP contribution in [-0.2, 0) is 0 Å². The number of phenols is 1. The molecular weight excluding hydrogens is 144 g/mol. The molecule has 0 aliphatic rings. The van der Waals surface area contributed by atoms with Crippen LogP contribution in [0.2, 0.25) is 0 Å². The zero-order chi connectivity index (χ0) is 8.43. The number of nitrogens with two attached hydrogens (primary N) is 2. The summed E-state index contributed by atoms with van der Waals surface area (Å²) < 4.78 is 4.80. The third-order valence-corrected chi connectivity index (χ3v) is 1.38. The highest BCUT2D eigenvalue weighted by Crippen LogP contribution is 2.31. The molecule has 4 nitrogen and oxygen atoms in total. The van der Waals surface area contributed by atoms with Gasteiger partial charge in [0.2, 0.25) is 0 Å². The van der Waals surface area contributed by atoms with Crippen LogP contribution in [0.1, 0.15) is 0 Å². The van der Waals surface area contributed by atoms with Crippen molar-refractivity contribution < 1.29 is 9.84 Å². The van der Waals surface area contributed by atoms with Gasteiger partial charge in [-0.05, 0) is 0 Å². The highest BCUT2D eigenvalue weighted by Gasteiger charge is 2.03. The van der Waals surface area contributed by atoms with Crippen LogP contribution in [-0.4, -0.2) is 12.2 Å². The molecule has 0 aromatic heterocycles. The molecule has 0 aliphatic carbocycles. The van der Waals surface area contributed by atoms with Crippen molar-refractivity contribution in [3.8, 4) is 11.5 Å². The Kier molecular flexibility index (Phi) is 1.76. The standard InChI is InChI=1S/C7H10N2O2/c1-11-7-3-5(9)4(8)2-6(7)10/h2-3,10H,8-9H2,1H3. The number of benzene rings is 1. The summed E-state index contributed by atoms with van der Waals surface area (Å²) in [7, 11) is 1.45. The minimum atomic E-state index is -0.000741. The van der Waals surface area contributed by atoms with E-state index < -0.39 is 0 Å². The molecular formula is C7H10N2O2. The minimum Gasteiger partial charge on any atom is -0.504 e. The highest BCUT2D eigenvalue weighted by atomic mass is 16.5. The number of nitrogen functional groups attached to an aromatic ring is 2. The number of rotatable bonds is 1. The molecule has 0 radical (unpaired) electrons. The summed E-state index contributed by atoms with van der Waals surface area (Å²) in [4.78, 5) is 0. The normalized spacial score (nSPS) is 9.55. The average molecular weight is 154 g/mol. The van der Waals surface area contributed by atoms with Crippen LogP contribution in [0.4, 0.5) is 11.4 Å². The fourth-order valence-electron chi connectivity index (χ4n) is 0.764. The van der Waals surface area contributed by atoms with Crippen LogP contribution in [0.25, 0.3) is 0 Å². The molecule has 0 saturated carbocycles. The maximum atomic E-state index is 9.16. The first-order valence-corrected chi connectivity index (χ1v) is 3.07. The van der Waals surface area contributed by atoms with E-state index in [-0.39, 0.29) is 5.75 Å². The molecule has 11 heavy (non-hydrogen) atoms. The molecule has 0 heterocycles. The largest absolute Gasteiger partial charge is 0.504 e. The molecule has 0 atom stereocenters. The van der Waals surface area contributed by atoms with Gasteiger partial charge in [-0.2, -0.15) is 0 Å². The predicted molar refractivity (Wildman–Crippen MR) is 43.5 cm³/mol. The molecule has 4 heteroatoms. The highest BCUT2D eigenvalue weighted by molar-refractivity contribution is 5.69. The summed E-state index contributed by atoms with van der Waals surface area (Å²) in [6, 6.07) is 2.83. The van der Waals surface area contributed by atoms with Crippen LogP contribution in [0.3, 0.4) is 0 Å². The Labute approximate surface area is 64.4 Å². The third-order valence-electron chi connectivity index (χ3n) is 1.38. The molecule has 0 spiro atoms. The Hall–Kier alpha value is -1.58. The Morgan fingerprint density at radius 1 is 1.27 bits per heavy atom. The van der Waals surface area contributed by atoms with Crippen LogP contribution >= 0.6 is 0 Å². The van der Waals surface area contributed by atoms with E-state index >= 15 is 0 Å². The van der Waals surface area contributed by atoms with Gasteiger partial charge in [0, 0.05) is 12.1 Å². The van der Waals surface area contributed by atoms with Gasteiger partial charge in [-0.1, -0.05) is 0 Å². The fraction of sp³-hybridized carbons (Fsp3) is 0.143. The lowest BCUT2D eigenvalue weighted by Crippen LogP contribution is -1.95. The van der Waals surface area contributed by atoms with E-state index in [1.165, 1.54) is 19.2 Å². The summed E-state index contributed by atoms with van der Waals surface area (Å²) in [5, 5.41) is 9.16. The van der Waals surface area contributed by atoms with E-state index in [1.54, 1.807) is 0 Å². The monoisotopic (exact) mass is 154 g/mol. The van der Waals surface area contributed by atoms with Crippen molar-refractivity contribution in [3.63, 3.8) is 0 Å². The van der Waals surface area contributed by atoms with Crippen molar-refractivity contribution >= 4 is 11.4 Å². The molecule has 60 valence electrons. The van der Waals surface area contributed by atoms with Gasteiger partial charge in [-0.15, -0.1) is 0 Å². The SMILES string of the molecule is COc1cc(N)c(N)cc1O. The number of hydrogen-bond donors (Lipinski definition) is 3. The van der Waals surface area contributed by atoms with Crippen molar-refractivity contribution in [2.75, 3.05) is 18.6 Å². The maximum absolute atomic E-state index is 9.16. The van der Waals surface area contributed by atoms with Gasteiger partial charge in [-0.3, -0.25) is 0 Å². The fourth-order valence-corrected chi connectivity index (χ4v) is 0.764. The van der Waals surface area contributed by atoms with Crippen LogP contribution < -0.4 is 16.2 Å². The Bertz CT molecular complexity index is 273. The van der Waals surface area contributed by atoms with E-state index in [2.05, 4.69) is 0 Å². The lowest BCUT2D eigenvalue weighted by Gasteiger charge is -2.05. The maximum Gasteiger partial charge on any atom is 0.162 e.